The Kier molecular flexibility index (Phi) is 4.68. The Labute approximate surface area is 123 Å². The molecule has 0 aliphatic rings. The molecule has 2 aromatic rings. The van der Waals surface area contributed by atoms with E-state index in [1.165, 1.54) is 0 Å². The fourth-order valence-corrected chi connectivity index (χ4v) is 1.96. The van der Waals surface area contributed by atoms with E-state index >= 15 is 0 Å². The predicted molar refractivity (Wildman–Crippen MR) is 82.1 cm³/mol. The number of carbonyl (C=O) groups is 2. The monoisotopic (exact) mass is 283 g/mol. The van der Waals surface area contributed by atoms with Crippen LogP contribution >= 0.6 is 0 Å². The van der Waals surface area contributed by atoms with Gasteiger partial charge in [0.2, 0.25) is 5.91 Å². The van der Waals surface area contributed by atoms with Crippen molar-refractivity contribution < 1.29 is 9.59 Å². The second-order valence-corrected chi connectivity index (χ2v) is 4.63. The number of hydrogen-bond acceptors (Lipinski definition) is 3. The van der Waals surface area contributed by atoms with Crippen LogP contribution in [0.1, 0.15) is 26.3 Å². The molecule has 5 heteroatoms. The maximum atomic E-state index is 12.2. The van der Waals surface area contributed by atoms with Gasteiger partial charge in [-0.2, -0.15) is 0 Å². The van der Waals surface area contributed by atoms with Gasteiger partial charge in [-0.25, -0.2) is 0 Å². The van der Waals surface area contributed by atoms with Crippen molar-refractivity contribution in [2.75, 3.05) is 11.9 Å². The molecule has 21 heavy (non-hydrogen) atoms. The number of nitrogens with one attached hydrogen (secondary N) is 1. The average Bonchev–Trinajstić information content (AvgIpc) is 2.48. The maximum absolute atomic E-state index is 12.2. The largest absolute Gasteiger partial charge is 0.366 e. The molecule has 0 unspecified atom stereocenters. The zero-order valence-electron chi connectivity index (χ0n) is 11.5. The first kappa shape index (κ1) is 14.7. The van der Waals surface area contributed by atoms with Crippen LogP contribution in [0.4, 0.5) is 5.69 Å². The standard InChI is InChI=1S/C16H17N3O2/c17-9-8-11-2-1-3-13(10-11)16(21)19-14-6-4-12(5-7-14)15(18)20/h1-7,10H,8-9,17H2,(H2,18,20)(H,19,21). The molecule has 0 fully saturated rings. The highest BCUT2D eigenvalue weighted by molar-refractivity contribution is 6.04. The molecular formula is C16H17N3O2. The molecule has 0 aromatic heterocycles. The number of rotatable bonds is 5. The number of benzene rings is 2. The van der Waals surface area contributed by atoms with Crippen molar-refractivity contribution in [2.45, 2.75) is 6.42 Å². The Morgan fingerprint density at radius 1 is 1.00 bits per heavy atom. The summed E-state index contributed by atoms with van der Waals surface area (Å²) in [5, 5.41) is 2.77. The van der Waals surface area contributed by atoms with Crippen LogP contribution in [0.25, 0.3) is 0 Å². The molecule has 0 aliphatic carbocycles. The van der Waals surface area contributed by atoms with E-state index in [2.05, 4.69) is 5.32 Å². The Morgan fingerprint density at radius 3 is 2.33 bits per heavy atom. The van der Waals surface area contributed by atoms with Crippen LogP contribution in [-0.2, 0) is 6.42 Å². The number of carbonyl (C=O) groups excluding carboxylic acids is 2. The van der Waals surface area contributed by atoms with Crippen LogP contribution in [0.15, 0.2) is 48.5 Å². The Morgan fingerprint density at radius 2 is 1.71 bits per heavy atom. The van der Waals surface area contributed by atoms with Gasteiger partial charge in [-0.15, -0.1) is 0 Å². The van der Waals surface area contributed by atoms with Crippen LogP contribution in [-0.4, -0.2) is 18.4 Å². The molecule has 2 rings (SSSR count). The van der Waals surface area contributed by atoms with Crippen molar-refractivity contribution in [1.29, 1.82) is 0 Å². The van der Waals surface area contributed by atoms with E-state index < -0.39 is 5.91 Å². The number of amides is 2. The van der Waals surface area contributed by atoms with E-state index in [4.69, 9.17) is 11.5 Å². The first-order valence-corrected chi connectivity index (χ1v) is 6.60. The summed E-state index contributed by atoms with van der Waals surface area (Å²) in [5.74, 6) is -0.706. The van der Waals surface area contributed by atoms with Gasteiger partial charge in [0.05, 0.1) is 0 Å². The first-order chi connectivity index (χ1) is 10.1. The van der Waals surface area contributed by atoms with Gasteiger partial charge in [-0.3, -0.25) is 9.59 Å². The van der Waals surface area contributed by atoms with Gasteiger partial charge in [-0.1, -0.05) is 12.1 Å². The van der Waals surface area contributed by atoms with Crippen LogP contribution in [0.2, 0.25) is 0 Å². The third-order valence-corrected chi connectivity index (χ3v) is 3.05. The van der Waals surface area contributed by atoms with E-state index in [1.807, 2.05) is 18.2 Å². The van der Waals surface area contributed by atoms with Crippen LogP contribution < -0.4 is 16.8 Å². The summed E-state index contributed by atoms with van der Waals surface area (Å²) in [7, 11) is 0. The Hall–Kier alpha value is -2.66. The Bertz CT molecular complexity index is 651. The van der Waals surface area contributed by atoms with E-state index in [-0.39, 0.29) is 5.91 Å². The SMILES string of the molecule is NCCc1cccc(C(=O)Nc2ccc(C(N)=O)cc2)c1. The minimum absolute atomic E-state index is 0.208. The lowest BCUT2D eigenvalue weighted by molar-refractivity contribution is 0.0998. The average molecular weight is 283 g/mol. The van der Waals surface area contributed by atoms with Crippen LogP contribution in [0.3, 0.4) is 0 Å². The number of nitrogens with two attached hydrogens (primary N) is 2. The molecule has 0 radical (unpaired) electrons. The molecule has 2 amide bonds. The normalized spacial score (nSPS) is 10.1. The van der Waals surface area contributed by atoms with Crippen molar-refractivity contribution in [1.82, 2.24) is 0 Å². The van der Waals surface area contributed by atoms with Crippen LogP contribution in [0, 0.1) is 0 Å². The predicted octanol–water partition coefficient (Wildman–Crippen LogP) is 1.54. The van der Waals surface area contributed by atoms with Gasteiger partial charge in [0.15, 0.2) is 0 Å². The second kappa shape index (κ2) is 6.67. The van der Waals surface area contributed by atoms with Crippen molar-refractivity contribution in [3.05, 3.63) is 65.2 Å². The molecule has 2 aromatic carbocycles. The fraction of sp³-hybridized carbons (Fsp3) is 0.125. The number of hydrogen-bond donors (Lipinski definition) is 3. The quantitative estimate of drug-likeness (QED) is 0.776. The number of primary amides is 1. The third kappa shape index (κ3) is 3.90. The van der Waals surface area contributed by atoms with Crippen molar-refractivity contribution in [3.8, 4) is 0 Å². The topological polar surface area (TPSA) is 98.2 Å². The van der Waals surface area contributed by atoms with Gasteiger partial charge in [0.1, 0.15) is 0 Å². The van der Waals surface area contributed by atoms with Gasteiger partial charge in [0.25, 0.3) is 5.91 Å². The van der Waals surface area contributed by atoms with Gasteiger partial charge < -0.3 is 16.8 Å². The summed E-state index contributed by atoms with van der Waals surface area (Å²) in [6, 6.07) is 13.8. The van der Waals surface area contributed by atoms with Crippen LogP contribution in [0.5, 0.6) is 0 Å². The minimum Gasteiger partial charge on any atom is -0.366 e. The zero-order chi connectivity index (χ0) is 15.2. The van der Waals surface area contributed by atoms with E-state index in [0.29, 0.717) is 23.4 Å². The molecule has 0 saturated heterocycles. The lowest BCUT2D eigenvalue weighted by Crippen LogP contribution is -2.14. The molecule has 0 spiro atoms. The summed E-state index contributed by atoms with van der Waals surface area (Å²) < 4.78 is 0. The highest BCUT2D eigenvalue weighted by Gasteiger charge is 2.07. The van der Waals surface area contributed by atoms with Crippen molar-refractivity contribution >= 4 is 17.5 Å². The smallest absolute Gasteiger partial charge is 0.255 e. The molecule has 0 bridgehead atoms. The minimum atomic E-state index is -0.498. The molecule has 0 saturated carbocycles. The number of anilines is 1. The van der Waals surface area contributed by atoms with Gasteiger partial charge in [0, 0.05) is 16.8 Å². The van der Waals surface area contributed by atoms with E-state index in [1.54, 1.807) is 30.3 Å². The summed E-state index contributed by atoms with van der Waals surface area (Å²) in [5.41, 5.74) is 13.3. The lowest BCUT2D eigenvalue weighted by Gasteiger charge is -2.07. The summed E-state index contributed by atoms with van der Waals surface area (Å²) in [6.45, 7) is 0.541. The lowest BCUT2D eigenvalue weighted by atomic mass is 10.1. The summed E-state index contributed by atoms with van der Waals surface area (Å²) in [4.78, 5) is 23.1. The highest BCUT2D eigenvalue weighted by atomic mass is 16.2. The summed E-state index contributed by atoms with van der Waals surface area (Å²) in [6.07, 6.45) is 0.731. The zero-order valence-corrected chi connectivity index (χ0v) is 11.5. The first-order valence-electron chi connectivity index (χ1n) is 6.60. The molecule has 0 atom stereocenters. The molecular weight excluding hydrogens is 266 g/mol. The molecule has 108 valence electrons. The second-order valence-electron chi connectivity index (χ2n) is 4.63. The van der Waals surface area contributed by atoms with Crippen molar-refractivity contribution in [3.63, 3.8) is 0 Å². The van der Waals surface area contributed by atoms with E-state index in [0.717, 1.165) is 12.0 Å². The highest BCUT2D eigenvalue weighted by Crippen LogP contribution is 2.12. The van der Waals surface area contributed by atoms with E-state index in [9.17, 15) is 9.59 Å². The van der Waals surface area contributed by atoms with Gasteiger partial charge >= 0.3 is 0 Å². The van der Waals surface area contributed by atoms with Crippen molar-refractivity contribution in [2.24, 2.45) is 11.5 Å². The maximum Gasteiger partial charge on any atom is 0.255 e. The molecule has 5 N–H and O–H groups in total. The molecule has 0 heterocycles. The molecule has 0 aliphatic heterocycles. The van der Waals surface area contributed by atoms with Gasteiger partial charge in [-0.05, 0) is 54.9 Å². The third-order valence-electron chi connectivity index (χ3n) is 3.05. The Balaban J connectivity index is 2.10. The molecule has 5 nitrogen and oxygen atoms in total. The summed E-state index contributed by atoms with van der Waals surface area (Å²) >= 11 is 0. The fourth-order valence-electron chi connectivity index (χ4n) is 1.96.